The summed E-state index contributed by atoms with van der Waals surface area (Å²) < 4.78 is 1.67. The van der Waals surface area contributed by atoms with E-state index in [-0.39, 0.29) is 5.95 Å². The van der Waals surface area contributed by atoms with Crippen LogP contribution < -0.4 is 11.5 Å². The molecule has 4 rings (SSSR count). The van der Waals surface area contributed by atoms with E-state index >= 15 is 0 Å². The number of aromatic nitrogens is 5. The second-order valence-corrected chi connectivity index (χ2v) is 4.92. The Labute approximate surface area is 125 Å². The number of pyridine rings is 1. The molecule has 0 aliphatic rings. The van der Waals surface area contributed by atoms with Crippen molar-refractivity contribution in [3.05, 3.63) is 48.8 Å². The van der Waals surface area contributed by atoms with Crippen molar-refractivity contribution in [1.29, 1.82) is 0 Å². The van der Waals surface area contributed by atoms with Gasteiger partial charge in [0, 0.05) is 22.9 Å². The van der Waals surface area contributed by atoms with Gasteiger partial charge in [0.05, 0.1) is 17.6 Å². The first-order valence-corrected chi connectivity index (χ1v) is 6.73. The molecule has 0 spiro atoms. The number of hydrogen-bond donors (Lipinski definition) is 3. The lowest BCUT2D eigenvalue weighted by Crippen LogP contribution is -2.01. The molecule has 3 heterocycles. The molecule has 0 fully saturated rings. The van der Waals surface area contributed by atoms with Crippen LogP contribution in [0.4, 0.5) is 11.6 Å². The summed E-state index contributed by atoms with van der Waals surface area (Å²) in [5.41, 5.74) is 16.7. The largest absolute Gasteiger partial charge is 0.395 e. The topological polar surface area (TPSA) is 111 Å². The molecule has 0 radical (unpaired) electrons. The Morgan fingerprint density at radius 1 is 1.05 bits per heavy atom. The first kappa shape index (κ1) is 12.4. The smallest absolute Gasteiger partial charge is 0.240 e. The number of nitrogens with one attached hydrogen (secondary N) is 1. The van der Waals surface area contributed by atoms with Gasteiger partial charge in [-0.3, -0.25) is 5.10 Å². The lowest BCUT2D eigenvalue weighted by molar-refractivity contribution is 0.978. The van der Waals surface area contributed by atoms with Crippen LogP contribution in [0.25, 0.3) is 28.0 Å². The van der Waals surface area contributed by atoms with Crippen molar-refractivity contribution in [2.45, 2.75) is 0 Å². The summed E-state index contributed by atoms with van der Waals surface area (Å²) in [6.07, 6.45) is 3.51. The van der Waals surface area contributed by atoms with Crippen molar-refractivity contribution in [3.63, 3.8) is 0 Å². The van der Waals surface area contributed by atoms with E-state index in [1.165, 1.54) is 0 Å². The highest BCUT2D eigenvalue weighted by atomic mass is 15.3. The summed E-state index contributed by atoms with van der Waals surface area (Å²) in [7, 11) is 0. The Hall–Kier alpha value is -3.35. The van der Waals surface area contributed by atoms with Gasteiger partial charge < -0.3 is 11.5 Å². The fraction of sp³-hybridized carbons (Fsp3) is 0. The molecule has 0 saturated heterocycles. The number of nitrogens with zero attached hydrogens (tertiary/aromatic N) is 4. The zero-order chi connectivity index (χ0) is 15.1. The normalized spacial score (nSPS) is 11.1. The SMILES string of the molecule is Nc1nc2c(N)c(-c3cn[nH]c3)cc(-c3ccccc3)n2n1. The number of nitrogens with two attached hydrogens (primary N) is 2. The second kappa shape index (κ2) is 4.59. The molecule has 4 aromatic rings. The van der Waals surface area contributed by atoms with Crippen LogP contribution in [0.15, 0.2) is 48.8 Å². The molecule has 108 valence electrons. The summed E-state index contributed by atoms with van der Waals surface area (Å²) in [6.45, 7) is 0. The van der Waals surface area contributed by atoms with Crippen LogP contribution in [0, 0.1) is 0 Å². The lowest BCUT2D eigenvalue weighted by atomic mass is 10.0. The van der Waals surface area contributed by atoms with Crippen molar-refractivity contribution < 1.29 is 0 Å². The maximum Gasteiger partial charge on any atom is 0.240 e. The Balaban J connectivity index is 2.09. The molecule has 0 atom stereocenters. The fourth-order valence-electron chi connectivity index (χ4n) is 2.52. The van der Waals surface area contributed by atoms with Gasteiger partial charge >= 0.3 is 0 Å². The van der Waals surface area contributed by atoms with Crippen molar-refractivity contribution in [1.82, 2.24) is 24.8 Å². The van der Waals surface area contributed by atoms with Crippen LogP contribution in [0.1, 0.15) is 0 Å². The zero-order valence-electron chi connectivity index (χ0n) is 11.6. The third kappa shape index (κ3) is 1.80. The summed E-state index contributed by atoms with van der Waals surface area (Å²) in [6, 6.07) is 11.9. The minimum Gasteiger partial charge on any atom is -0.395 e. The molecule has 0 amide bonds. The van der Waals surface area contributed by atoms with Gasteiger partial charge in [-0.05, 0) is 6.07 Å². The predicted octanol–water partition coefficient (Wildman–Crippen LogP) is 1.95. The van der Waals surface area contributed by atoms with E-state index < -0.39 is 0 Å². The number of fused-ring (bicyclic) bond motifs is 1. The highest BCUT2D eigenvalue weighted by molar-refractivity contribution is 5.88. The van der Waals surface area contributed by atoms with Crippen LogP contribution in [0.2, 0.25) is 0 Å². The van der Waals surface area contributed by atoms with Gasteiger partial charge in [0.1, 0.15) is 0 Å². The number of hydrogen-bond acceptors (Lipinski definition) is 5. The molecular formula is C15H13N7. The number of rotatable bonds is 2. The predicted molar refractivity (Wildman–Crippen MR) is 84.8 cm³/mol. The highest BCUT2D eigenvalue weighted by Gasteiger charge is 2.16. The van der Waals surface area contributed by atoms with Gasteiger partial charge in [0.15, 0.2) is 5.65 Å². The summed E-state index contributed by atoms with van der Waals surface area (Å²) >= 11 is 0. The molecule has 22 heavy (non-hydrogen) atoms. The monoisotopic (exact) mass is 291 g/mol. The fourth-order valence-corrected chi connectivity index (χ4v) is 2.52. The van der Waals surface area contributed by atoms with Crippen LogP contribution in [0.5, 0.6) is 0 Å². The molecule has 7 heteroatoms. The van der Waals surface area contributed by atoms with Gasteiger partial charge in [-0.15, -0.1) is 5.10 Å². The van der Waals surface area contributed by atoms with Crippen molar-refractivity contribution >= 4 is 17.3 Å². The Kier molecular flexibility index (Phi) is 2.59. The van der Waals surface area contributed by atoms with Crippen LogP contribution in [-0.2, 0) is 0 Å². The van der Waals surface area contributed by atoms with Crippen molar-refractivity contribution in [2.75, 3.05) is 11.5 Å². The average Bonchev–Trinajstić information content (AvgIpc) is 3.18. The van der Waals surface area contributed by atoms with Gasteiger partial charge in [0.25, 0.3) is 0 Å². The van der Waals surface area contributed by atoms with Gasteiger partial charge in [-0.1, -0.05) is 30.3 Å². The Morgan fingerprint density at radius 2 is 1.86 bits per heavy atom. The Bertz CT molecular complexity index is 939. The van der Waals surface area contributed by atoms with E-state index in [2.05, 4.69) is 20.3 Å². The molecule has 0 unspecified atom stereocenters. The molecular weight excluding hydrogens is 278 g/mol. The number of H-pyrrole nitrogens is 1. The number of benzene rings is 1. The van der Waals surface area contributed by atoms with Gasteiger partial charge in [0.2, 0.25) is 5.95 Å². The molecule has 0 saturated carbocycles. The molecule has 0 aliphatic heterocycles. The second-order valence-electron chi connectivity index (χ2n) is 4.92. The maximum absolute atomic E-state index is 6.25. The molecule has 1 aromatic carbocycles. The average molecular weight is 291 g/mol. The van der Waals surface area contributed by atoms with Crippen molar-refractivity contribution in [2.24, 2.45) is 0 Å². The van der Waals surface area contributed by atoms with E-state index in [4.69, 9.17) is 11.5 Å². The minimum atomic E-state index is 0.188. The van der Waals surface area contributed by atoms with Crippen LogP contribution in [0.3, 0.4) is 0 Å². The van der Waals surface area contributed by atoms with Gasteiger partial charge in [-0.25, -0.2) is 4.52 Å². The summed E-state index contributed by atoms with van der Waals surface area (Å²) in [4.78, 5) is 4.24. The standard InChI is InChI=1S/C15H13N7/c16-13-11(10-7-18-19-8-10)6-12(9-4-2-1-3-5-9)22-14(13)20-15(17)21-22/h1-8H,16H2,(H2,17,21)(H,18,19). The first-order valence-electron chi connectivity index (χ1n) is 6.73. The molecule has 0 aliphatic carbocycles. The first-order chi connectivity index (χ1) is 10.7. The van der Waals surface area contributed by atoms with E-state index in [1.807, 2.05) is 36.4 Å². The van der Waals surface area contributed by atoms with Crippen LogP contribution in [-0.4, -0.2) is 24.8 Å². The van der Waals surface area contributed by atoms with E-state index in [0.29, 0.717) is 11.3 Å². The summed E-state index contributed by atoms with van der Waals surface area (Å²) in [5.74, 6) is 0.188. The third-order valence-electron chi connectivity index (χ3n) is 3.54. The number of aromatic amines is 1. The molecule has 7 nitrogen and oxygen atoms in total. The quantitative estimate of drug-likeness (QED) is 0.522. The third-order valence-corrected chi connectivity index (χ3v) is 3.54. The molecule has 0 bridgehead atoms. The Morgan fingerprint density at radius 3 is 2.59 bits per heavy atom. The van der Waals surface area contributed by atoms with Crippen LogP contribution >= 0.6 is 0 Å². The van der Waals surface area contributed by atoms with Gasteiger partial charge in [-0.2, -0.15) is 10.1 Å². The van der Waals surface area contributed by atoms with Crippen molar-refractivity contribution in [3.8, 4) is 22.4 Å². The zero-order valence-corrected chi connectivity index (χ0v) is 11.6. The summed E-state index contributed by atoms with van der Waals surface area (Å²) in [5, 5.41) is 11.0. The highest BCUT2D eigenvalue weighted by Crippen LogP contribution is 2.33. The molecule has 5 N–H and O–H groups in total. The molecule has 3 aromatic heterocycles. The number of nitrogen functional groups attached to an aromatic ring is 2. The minimum absolute atomic E-state index is 0.188. The maximum atomic E-state index is 6.25. The number of anilines is 2. The van der Waals surface area contributed by atoms with E-state index in [1.54, 1.807) is 16.9 Å². The lowest BCUT2D eigenvalue weighted by Gasteiger charge is -2.10. The van der Waals surface area contributed by atoms with E-state index in [0.717, 1.165) is 22.4 Å². The van der Waals surface area contributed by atoms with E-state index in [9.17, 15) is 0 Å².